The first kappa shape index (κ1) is 19.4. The molecule has 3 N–H and O–H groups in total. The second kappa shape index (κ2) is 8.59. The lowest BCUT2D eigenvalue weighted by molar-refractivity contribution is 0.0706. The van der Waals surface area contributed by atoms with E-state index < -0.39 is 5.91 Å². The van der Waals surface area contributed by atoms with Gasteiger partial charge in [-0.25, -0.2) is 5.48 Å². The summed E-state index contributed by atoms with van der Waals surface area (Å²) in [4.78, 5) is 24.2. The van der Waals surface area contributed by atoms with E-state index in [0.717, 1.165) is 27.5 Å². The van der Waals surface area contributed by atoms with Gasteiger partial charge in [-0.2, -0.15) is 0 Å². The van der Waals surface area contributed by atoms with Gasteiger partial charge in [0.2, 0.25) is 0 Å². The summed E-state index contributed by atoms with van der Waals surface area (Å²) in [5.74, 6) is -0.740. The quantitative estimate of drug-likeness (QED) is 0.342. The van der Waals surface area contributed by atoms with Gasteiger partial charge in [-0.15, -0.1) is 0 Å². The number of hydroxylamine groups is 1. The minimum atomic E-state index is -0.573. The van der Waals surface area contributed by atoms with Gasteiger partial charge < -0.3 is 5.32 Å². The molecule has 148 valence electrons. The maximum atomic E-state index is 12.6. The van der Waals surface area contributed by atoms with Crippen molar-refractivity contribution in [2.24, 2.45) is 0 Å². The number of nitrogens with one attached hydrogen (secondary N) is 2. The lowest BCUT2D eigenvalue weighted by atomic mass is 10.0. The second-order valence-corrected chi connectivity index (χ2v) is 6.97. The molecule has 5 heteroatoms. The fraction of sp³-hybridized carbons (Fsp3) is 0.0400. The number of hydrogen-bond acceptors (Lipinski definition) is 3. The zero-order valence-electron chi connectivity index (χ0n) is 16.1. The molecule has 4 aromatic carbocycles. The molecule has 2 amide bonds. The predicted molar refractivity (Wildman–Crippen MR) is 116 cm³/mol. The number of carbonyl (C=O) groups excluding carboxylic acids is 2. The summed E-state index contributed by atoms with van der Waals surface area (Å²) in [5, 5.41) is 13.4. The largest absolute Gasteiger partial charge is 0.348 e. The standard InChI is InChI=1S/C25H20N2O3/c28-24(22-11-9-21-15-23(25(29)27-30)12-10-20(21)14-22)26-16-17-5-4-8-19(13-17)18-6-2-1-3-7-18/h1-15,30H,16H2,(H,26,28)(H,27,29). The lowest BCUT2D eigenvalue weighted by Gasteiger charge is -2.09. The monoisotopic (exact) mass is 396 g/mol. The molecule has 4 rings (SSSR count). The van der Waals surface area contributed by atoms with E-state index in [1.807, 2.05) is 30.3 Å². The first-order chi connectivity index (χ1) is 14.6. The van der Waals surface area contributed by atoms with Crippen molar-refractivity contribution in [3.63, 3.8) is 0 Å². The van der Waals surface area contributed by atoms with Gasteiger partial charge in [0.15, 0.2) is 0 Å². The Morgan fingerprint density at radius 1 is 0.667 bits per heavy atom. The molecule has 0 aliphatic heterocycles. The topological polar surface area (TPSA) is 78.4 Å². The van der Waals surface area contributed by atoms with Gasteiger partial charge in [0, 0.05) is 17.7 Å². The highest BCUT2D eigenvalue weighted by atomic mass is 16.5. The highest BCUT2D eigenvalue weighted by Gasteiger charge is 2.09. The minimum Gasteiger partial charge on any atom is -0.348 e. The van der Waals surface area contributed by atoms with Crippen LogP contribution in [0.1, 0.15) is 26.3 Å². The van der Waals surface area contributed by atoms with Crippen LogP contribution >= 0.6 is 0 Å². The third kappa shape index (κ3) is 4.21. The first-order valence-corrected chi connectivity index (χ1v) is 9.55. The van der Waals surface area contributed by atoms with Crippen LogP contribution in [0.5, 0.6) is 0 Å². The van der Waals surface area contributed by atoms with Gasteiger partial charge in [-0.05, 0) is 57.8 Å². The van der Waals surface area contributed by atoms with Crippen LogP contribution in [0, 0.1) is 0 Å². The van der Waals surface area contributed by atoms with E-state index in [1.165, 1.54) is 0 Å². The van der Waals surface area contributed by atoms with Crippen molar-refractivity contribution in [2.45, 2.75) is 6.54 Å². The van der Waals surface area contributed by atoms with E-state index in [9.17, 15) is 9.59 Å². The smallest absolute Gasteiger partial charge is 0.274 e. The summed E-state index contributed by atoms with van der Waals surface area (Å²) in [6, 6.07) is 28.5. The molecule has 5 nitrogen and oxygen atoms in total. The summed E-state index contributed by atoms with van der Waals surface area (Å²) in [6.07, 6.45) is 0. The van der Waals surface area contributed by atoms with Crippen molar-refractivity contribution in [1.29, 1.82) is 0 Å². The maximum Gasteiger partial charge on any atom is 0.274 e. The van der Waals surface area contributed by atoms with Crippen LogP contribution in [0.15, 0.2) is 91.0 Å². The van der Waals surface area contributed by atoms with Gasteiger partial charge in [0.25, 0.3) is 11.8 Å². The fourth-order valence-electron chi connectivity index (χ4n) is 3.37. The molecule has 4 aromatic rings. The molecule has 0 aromatic heterocycles. The summed E-state index contributed by atoms with van der Waals surface area (Å²) >= 11 is 0. The number of carbonyl (C=O) groups is 2. The summed E-state index contributed by atoms with van der Waals surface area (Å²) in [6.45, 7) is 0.424. The molecule has 0 aliphatic carbocycles. The van der Waals surface area contributed by atoms with Crippen LogP contribution in [0.3, 0.4) is 0 Å². The van der Waals surface area contributed by atoms with Crippen LogP contribution in [-0.4, -0.2) is 17.0 Å². The van der Waals surface area contributed by atoms with E-state index in [4.69, 9.17) is 5.21 Å². The lowest BCUT2D eigenvalue weighted by Crippen LogP contribution is -2.22. The van der Waals surface area contributed by atoms with Crippen molar-refractivity contribution < 1.29 is 14.8 Å². The van der Waals surface area contributed by atoms with Gasteiger partial charge >= 0.3 is 0 Å². The first-order valence-electron chi connectivity index (χ1n) is 9.55. The van der Waals surface area contributed by atoms with Crippen molar-refractivity contribution in [3.05, 3.63) is 108 Å². The Balaban J connectivity index is 1.48. The third-order valence-electron chi connectivity index (χ3n) is 4.95. The minimum absolute atomic E-state index is 0.167. The molecule has 0 saturated carbocycles. The summed E-state index contributed by atoms with van der Waals surface area (Å²) in [5.41, 5.74) is 5.77. The number of hydrogen-bond donors (Lipinski definition) is 3. The van der Waals surface area contributed by atoms with E-state index >= 15 is 0 Å². The highest BCUT2D eigenvalue weighted by molar-refractivity contribution is 6.01. The maximum absolute atomic E-state index is 12.6. The predicted octanol–water partition coefficient (Wildman–Crippen LogP) is 4.56. The van der Waals surface area contributed by atoms with E-state index in [0.29, 0.717) is 17.7 Å². The van der Waals surface area contributed by atoms with Crippen molar-refractivity contribution in [2.75, 3.05) is 0 Å². The van der Waals surface area contributed by atoms with Crippen molar-refractivity contribution in [3.8, 4) is 11.1 Å². The Morgan fingerprint density at radius 3 is 1.97 bits per heavy atom. The van der Waals surface area contributed by atoms with Crippen LogP contribution in [-0.2, 0) is 6.54 Å². The number of fused-ring (bicyclic) bond motifs is 1. The molecule has 0 bridgehead atoms. The number of rotatable bonds is 5. The Labute approximate surface area is 173 Å². The highest BCUT2D eigenvalue weighted by Crippen LogP contribution is 2.21. The number of amides is 2. The van der Waals surface area contributed by atoms with Gasteiger partial charge in [-0.3, -0.25) is 14.8 Å². The molecular formula is C25H20N2O3. The third-order valence-corrected chi connectivity index (χ3v) is 4.95. The Hall–Kier alpha value is -3.96. The van der Waals surface area contributed by atoms with Crippen LogP contribution in [0.2, 0.25) is 0 Å². The van der Waals surface area contributed by atoms with Crippen molar-refractivity contribution in [1.82, 2.24) is 10.8 Å². The van der Waals surface area contributed by atoms with Crippen LogP contribution in [0.4, 0.5) is 0 Å². The normalized spacial score (nSPS) is 10.6. The van der Waals surface area contributed by atoms with Gasteiger partial charge in [0.05, 0.1) is 0 Å². The molecule has 0 saturated heterocycles. The average molecular weight is 396 g/mol. The molecule has 0 heterocycles. The van der Waals surface area contributed by atoms with E-state index in [-0.39, 0.29) is 5.91 Å². The van der Waals surface area contributed by atoms with Gasteiger partial charge in [-0.1, -0.05) is 60.7 Å². The Bertz CT molecular complexity index is 1220. The Kier molecular flexibility index (Phi) is 5.54. The molecule has 0 atom stereocenters. The molecule has 0 aliphatic rings. The van der Waals surface area contributed by atoms with Gasteiger partial charge in [0.1, 0.15) is 0 Å². The van der Waals surface area contributed by atoms with E-state index in [2.05, 4.69) is 29.6 Å². The number of benzene rings is 4. The SMILES string of the molecule is O=C(NO)c1ccc2cc(C(=O)NCc3cccc(-c4ccccc4)c3)ccc2c1. The molecule has 0 unspecified atom stereocenters. The van der Waals surface area contributed by atoms with Crippen LogP contribution < -0.4 is 10.8 Å². The molecule has 0 fully saturated rings. The molecular weight excluding hydrogens is 376 g/mol. The molecule has 0 radical (unpaired) electrons. The van der Waals surface area contributed by atoms with E-state index in [1.54, 1.807) is 41.9 Å². The summed E-state index contributed by atoms with van der Waals surface area (Å²) in [7, 11) is 0. The second-order valence-electron chi connectivity index (χ2n) is 6.97. The fourth-order valence-corrected chi connectivity index (χ4v) is 3.37. The summed E-state index contributed by atoms with van der Waals surface area (Å²) < 4.78 is 0. The average Bonchev–Trinajstić information content (AvgIpc) is 2.82. The van der Waals surface area contributed by atoms with Crippen molar-refractivity contribution >= 4 is 22.6 Å². The zero-order chi connectivity index (χ0) is 20.9. The Morgan fingerprint density at radius 2 is 1.30 bits per heavy atom. The van der Waals surface area contributed by atoms with Crippen LogP contribution in [0.25, 0.3) is 21.9 Å². The zero-order valence-corrected chi connectivity index (χ0v) is 16.1. The molecule has 30 heavy (non-hydrogen) atoms. The molecule has 0 spiro atoms.